The molecule has 3 rings (SSSR count). The highest BCUT2D eigenvalue weighted by atomic mass is 32.2. The monoisotopic (exact) mass is 441 g/mol. The second-order valence-electron chi connectivity index (χ2n) is 7.58. The molecule has 0 spiro atoms. The number of anilines is 1. The normalized spacial score (nSPS) is 20.6. The highest BCUT2D eigenvalue weighted by Crippen LogP contribution is 2.17. The van der Waals surface area contributed by atoms with Crippen LogP contribution in [0.25, 0.3) is 0 Å². The number of thioether (sulfide) groups is 1. The topological polar surface area (TPSA) is 125 Å². The van der Waals surface area contributed by atoms with Crippen LogP contribution in [0.1, 0.15) is 27.0 Å². The van der Waals surface area contributed by atoms with Crippen molar-refractivity contribution >= 4 is 35.2 Å². The van der Waals surface area contributed by atoms with Crippen molar-refractivity contribution in [2.24, 2.45) is 5.73 Å². The number of hydrogen-bond acceptors (Lipinski definition) is 6. The Hall–Kier alpha value is -2.88. The first-order valence-corrected chi connectivity index (χ1v) is 11.0. The van der Waals surface area contributed by atoms with Gasteiger partial charge in [-0.2, -0.15) is 0 Å². The van der Waals surface area contributed by atoms with Gasteiger partial charge in [-0.25, -0.2) is 0 Å². The Morgan fingerprint density at radius 1 is 1.06 bits per heavy atom. The van der Waals surface area contributed by atoms with Crippen LogP contribution in [-0.2, 0) is 9.59 Å². The molecule has 2 aromatic rings. The molecular formula is C22H27N5O3S. The van der Waals surface area contributed by atoms with Gasteiger partial charge in [0, 0.05) is 11.3 Å². The quantitative estimate of drug-likeness (QED) is 0.461. The number of nitrogens with two attached hydrogens (primary N) is 1. The van der Waals surface area contributed by atoms with Crippen LogP contribution in [0, 0.1) is 20.8 Å². The molecule has 6 N–H and O–H groups in total. The highest BCUT2D eigenvalue weighted by molar-refractivity contribution is 8.00. The van der Waals surface area contributed by atoms with E-state index < -0.39 is 23.6 Å². The third kappa shape index (κ3) is 6.06. The third-order valence-electron chi connectivity index (χ3n) is 4.90. The van der Waals surface area contributed by atoms with Gasteiger partial charge in [0.15, 0.2) is 0 Å². The van der Waals surface area contributed by atoms with Crippen LogP contribution < -0.4 is 27.0 Å². The minimum atomic E-state index is -0.922. The molecule has 3 amide bonds. The molecule has 2 aromatic carbocycles. The maximum absolute atomic E-state index is 12.5. The van der Waals surface area contributed by atoms with Crippen LogP contribution >= 0.6 is 11.8 Å². The second kappa shape index (κ2) is 9.95. The second-order valence-corrected chi connectivity index (χ2v) is 8.67. The van der Waals surface area contributed by atoms with Gasteiger partial charge < -0.3 is 21.7 Å². The van der Waals surface area contributed by atoms with Crippen LogP contribution in [-0.4, -0.2) is 41.2 Å². The lowest BCUT2D eigenvalue weighted by Crippen LogP contribution is -2.70. The maximum Gasteiger partial charge on any atom is 0.252 e. The first-order chi connectivity index (χ1) is 14.7. The zero-order chi connectivity index (χ0) is 22.5. The van der Waals surface area contributed by atoms with E-state index in [-0.39, 0.29) is 17.6 Å². The molecule has 1 heterocycles. The van der Waals surface area contributed by atoms with Crippen LogP contribution in [0.5, 0.6) is 0 Å². The van der Waals surface area contributed by atoms with Gasteiger partial charge in [0.25, 0.3) is 5.91 Å². The summed E-state index contributed by atoms with van der Waals surface area (Å²) in [7, 11) is 0. The highest BCUT2D eigenvalue weighted by Gasteiger charge is 2.35. The van der Waals surface area contributed by atoms with Crippen LogP contribution in [0.4, 0.5) is 5.69 Å². The number of carbonyl (C=O) groups excluding carboxylic acids is 3. The van der Waals surface area contributed by atoms with Gasteiger partial charge in [0.2, 0.25) is 11.8 Å². The fraction of sp³-hybridized carbons (Fsp3) is 0.318. The van der Waals surface area contributed by atoms with E-state index in [9.17, 15) is 14.4 Å². The molecule has 1 fully saturated rings. The van der Waals surface area contributed by atoms with Crippen molar-refractivity contribution in [3.63, 3.8) is 0 Å². The fourth-order valence-electron chi connectivity index (χ4n) is 3.17. The first-order valence-electron chi connectivity index (χ1n) is 9.91. The van der Waals surface area contributed by atoms with E-state index in [1.54, 1.807) is 12.1 Å². The zero-order valence-corrected chi connectivity index (χ0v) is 18.5. The average molecular weight is 442 g/mol. The Balaban J connectivity index is 1.50. The molecule has 3 atom stereocenters. The SMILES string of the molecule is Cc1ccc(C(=O)NC2C(=O)NC(SCC(=O)Nc3ccc(C)cc3C)NC2N)cc1. The standard InChI is InChI=1S/C22H27N5O3S/c1-12-4-7-15(8-5-12)20(29)25-18-19(23)26-22(27-21(18)30)31-11-17(28)24-16-9-6-13(2)10-14(16)3/h4-10,18-19,22,26H,11,23H2,1-3H3,(H,24,28)(H,25,29)(H,27,30). The molecule has 0 bridgehead atoms. The molecule has 31 heavy (non-hydrogen) atoms. The molecule has 1 aliphatic heterocycles. The van der Waals surface area contributed by atoms with Gasteiger partial charge in [0.1, 0.15) is 11.5 Å². The Morgan fingerprint density at radius 3 is 2.39 bits per heavy atom. The lowest BCUT2D eigenvalue weighted by molar-refractivity contribution is -0.125. The van der Waals surface area contributed by atoms with E-state index >= 15 is 0 Å². The van der Waals surface area contributed by atoms with Crippen LogP contribution in [0.15, 0.2) is 42.5 Å². The average Bonchev–Trinajstić information content (AvgIpc) is 2.71. The van der Waals surface area contributed by atoms with Gasteiger partial charge in [-0.1, -0.05) is 35.4 Å². The van der Waals surface area contributed by atoms with Crippen LogP contribution in [0.2, 0.25) is 0 Å². The van der Waals surface area contributed by atoms with Crippen molar-refractivity contribution in [2.75, 3.05) is 11.1 Å². The van der Waals surface area contributed by atoms with Crippen molar-refractivity contribution in [1.29, 1.82) is 0 Å². The number of amides is 3. The van der Waals surface area contributed by atoms with Gasteiger partial charge in [-0.15, -0.1) is 11.8 Å². The van der Waals surface area contributed by atoms with E-state index in [0.29, 0.717) is 5.56 Å². The molecular weight excluding hydrogens is 414 g/mol. The molecule has 8 nitrogen and oxygen atoms in total. The largest absolute Gasteiger partial charge is 0.338 e. The fourth-order valence-corrected chi connectivity index (χ4v) is 4.01. The van der Waals surface area contributed by atoms with Crippen molar-refractivity contribution in [1.82, 2.24) is 16.0 Å². The molecule has 1 aliphatic rings. The van der Waals surface area contributed by atoms with Gasteiger partial charge >= 0.3 is 0 Å². The first kappa shape index (κ1) is 22.8. The molecule has 1 saturated heterocycles. The number of hydrogen-bond donors (Lipinski definition) is 5. The van der Waals surface area contributed by atoms with Gasteiger partial charge in [0.05, 0.1) is 11.9 Å². The van der Waals surface area contributed by atoms with Crippen molar-refractivity contribution in [3.05, 3.63) is 64.7 Å². The van der Waals surface area contributed by atoms with Gasteiger partial charge in [-0.05, 0) is 44.5 Å². The third-order valence-corrected chi connectivity index (χ3v) is 5.91. The summed E-state index contributed by atoms with van der Waals surface area (Å²) in [6, 6.07) is 11.9. The van der Waals surface area contributed by atoms with E-state index in [1.807, 2.05) is 51.1 Å². The molecule has 9 heteroatoms. The molecule has 0 aromatic heterocycles. The summed E-state index contributed by atoms with van der Waals surface area (Å²) in [6.07, 6.45) is -0.789. The Kier molecular flexibility index (Phi) is 7.32. The van der Waals surface area contributed by atoms with Crippen molar-refractivity contribution in [2.45, 2.75) is 38.5 Å². The summed E-state index contributed by atoms with van der Waals surface area (Å²) < 4.78 is 0. The summed E-state index contributed by atoms with van der Waals surface area (Å²) in [5.41, 5.74) is 9.88. The minimum Gasteiger partial charge on any atom is -0.338 e. The molecule has 3 unspecified atom stereocenters. The Bertz CT molecular complexity index is 980. The van der Waals surface area contributed by atoms with E-state index in [0.717, 1.165) is 22.4 Å². The molecule has 164 valence electrons. The number of nitrogens with one attached hydrogen (secondary N) is 4. The number of rotatable bonds is 6. The van der Waals surface area contributed by atoms with Crippen molar-refractivity contribution in [3.8, 4) is 0 Å². The Morgan fingerprint density at radius 2 is 1.74 bits per heavy atom. The lowest BCUT2D eigenvalue weighted by atomic mass is 10.1. The zero-order valence-electron chi connectivity index (χ0n) is 17.7. The van der Waals surface area contributed by atoms with Crippen molar-refractivity contribution < 1.29 is 14.4 Å². The predicted molar refractivity (Wildman–Crippen MR) is 122 cm³/mol. The molecule has 0 saturated carbocycles. The maximum atomic E-state index is 12.5. The molecule has 0 aliphatic carbocycles. The van der Waals surface area contributed by atoms with E-state index in [2.05, 4.69) is 21.3 Å². The summed E-state index contributed by atoms with van der Waals surface area (Å²) >= 11 is 1.21. The lowest BCUT2D eigenvalue weighted by Gasteiger charge is -2.35. The summed E-state index contributed by atoms with van der Waals surface area (Å²) in [6.45, 7) is 5.85. The molecule has 0 radical (unpaired) electrons. The summed E-state index contributed by atoms with van der Waals surface area (Å²) in [5.74, 6) is -0.843. The van der Waals surface area contributed by atoms with Crippen LogP contribution in [0.3, 0.4) is 0 Å². The summed E-state index contributed by atoms with van der Waals surface area (Å²) in [5, 5.41) is 11.3. The van der Waals surface area contributed by atoms with E-state index in [4.69, 9.17) is 5.73 Å². The summed E-state index contributed by atoms with van der Waals surface area (Å²) in [4.78, 5) is 37.2. The smallest absolute Gasteiger partial charge is 0.252 e. The predicted octanol–water partition coefficient (Wildman–Crippen LogP) is 1.37. The number of aryl methyl sites for hydroxylation is 3. The van der Waals surface area contributed by atoms with Gasteiger partial charge in [-0.3, -0.25) is 19.7 Å². The number of benzene rings is 2. The minimum absolute atomic E-state index is 0.123. The van der Waals surface area contributed by atoms with E-state index in [1.165, 1.54) is 11.8 Å². The Labute approximate surface area is 185 Å². The number of carbonyl (C=O) groups is 3.